The van der Waals surface area contributed by atoms with Crippen LogP contribution in [0.4, 0.5) is 11.4 Å². The van der Waals surface area contributed by atoms with Crippen LogP contribution >= 0.6 is 0 Å². The maximum absolute atomic E-state index is 3.70. The Morgan fingerprint density at radius 3 is 1.23 bits per heavy atom. The summed E-state index contributed by atoms with van der Waals surface area (Å²) in [5.41, 5.74) is 4.89. The molecule has 3 aromatic carbocycles. The van der Waals surface area contributed by atoms with E-state index >= 15 is 0 Å². The molecule has 0 spiro atoms. The highest BCUT2D eigenvalue weighted by atomic mass is 15.1. The van der Waals surface area contributed by atoms with Crippen molar-refractivity contribution in [1.82, 2.24) is 0 Å². The first-order valence-corrected chi connectivity index (χ1v) is 7.64. The fourth-order valence-corrected chi connectivity index (χ4v) is 3.11. The summed E-state index contributed by atoms with van der Waals surface area (Å²) in [7, 11) is 0. The molecule has 0 bridgehead atoms. The van der Waals surface area contributed by atoms with E-state index in [0.29, 0.717) is 0 Å². The molecule has 2 heteroatoms. The van der Waals surface area contributed by atoms with Gasteiger partial charge >= 0.3 is 0 Å². The molecule has 4 rings (SSSR count). The predicted molar refractivity (Wildman–Crippen MR) is 92.1 cm³/mol. The zero-order chi connectivity index (χ0) is 14.8. The van der Waals surface area contributed by atoms with Gasteiger partial charge < -0.3 is 10.6 Å². The second-order valence-corrected chi connectivity index (χ2v) is 5.61. The highest BCUT2D eigenvalue weighted by molar-refractivity contribution is 5.72. The Balaban J connectivity index is 1.79. The smallest absolute Gasteiger partial charge is 0.0758 e. The summed E-state index contributed by atoms with van der Waals surface area (Å²) in [5, 5.41) is 7.40. The summed E-state index contributed by atoms with van der Waals surface area (Å²) in [6.45, 7) is 0. The molecule has 2 atom stereocenters. The first-order chi connectivity index (χ1) is 10.9. The van der Waals surface area contributed by atoms with Crippen molar-refractivity contribution in [1.29, 1.82) is 0 Å². The standard InChI is InChI=1S/C20H18N2/c1-3-9-15(10-4-1)19-20(16-11-5-2-6-12-16)22-18-14-8-7-13-17(18)21-19/h1-14,19-22H. The van der Waals surface area contributed by atoms with E-state index in [1.54, 1.807) is 0 Å². The number of nitrogens with one attached hydrogen (secondary N) is 2. The van der Waals surface area contributed by atoms with Gasteiger partial charge in [0.2, 0.25) is 0 Å². The molecule has 3 aromatic rings. The van der Waals surface area contributed by atoms with Crippen LogP contribution in [-0.2, 0) is 0 Å². The third-order valence-corrected chi connectivity index (χ3v) is 4.20. The van der Waals surface area contributed by atoms with Crippen molar-refractivity contribution in [3.8, 4) is 0 Å². The minimum Gasteiger partial charge on any atom is -0.374 e. The molecule has 1 aliphatic heterocycles. The summed E-state index contributed by atoms with van der Waals surface area (Å²) in [4.78, 5) is 0. The molecule has 2 unspecified atom stereocenters. The number of fused-ring (bicyclic) bond motifs is 1. The molecule has 0 saturated heterocycles. The van der Waals surface area contributed by atoms with Crippen LogP contribution in [-0.4, -0.2) is 0 Å². The van der Waals surface area contributed by atoms with Gasteiger partial charge in [0.1, 0.15) is 0 Å². The van der Waals surface area contributed by atoms with Crippen molar-refractivity contribution in [3.05, 3.63) is 96.1 Å². The molecule has 0 amide bonds. The largest absolute Gasteiger partial charge is 0.374 e. The van der Waals surface area contributed by atoms with Gasteiger partial charge in [-0.05, 0) is 23.3 Å². The summed E-state index contributed by atoms with van der Waals surface area (Å²) in [6, 6.07) is 30.0. The third kappa shape index (κ3) is 2.33. The number of anilines is 2. The van der Waals surface area contributed by atoms with Gasteiger partial charge in [-0.3, -0.25) is 0 Å². The Labute approximate surface area is 130 Å². The molecular formula is C20H18N2. The van der Waals surface area contributed by atoms with Crippen LogP contribution in [0.15, 0.2) is 84.9 Å². The second kappa shape index (κ2) is 5.57. The summed E-state index contributed by atoms with van der Waals surface area (Å²) in [6.07, 6.45) is 0. The summed E-state index contributed by atoms with van der Waals surface area (Å²) < 4.78 is 0. The Bertz CT molecular complexity index is 686. The van der Waals surface area contributed by atoms with E-state index in [0.717, 1.165) is 11.4 Å². The minimum atomic E-state index is 0.207. The Kier molecular flexibility index (Phi) is 3.28. The van der Waals surface area contributed by atoms with Crippen molar-refractivity contribution in [2.45, 2.75) is 12.1 Å². The summed E-state index contributed by atoms with van der Waals surface area (Å²) in [5.74, 6) is 0. The topological polar surface area (TPSA) is 24.1 Å². The predicted octanol–water partition coefficient (Wildman–Crippen LogP) is 5.01. The number of benzene rings is 3. The van der Waals surface area contributed by atoms with Gasteiger partial charge in [-0.2, -0.15) is 0 Å². The molecule has 0 aromatic heterocycles. The van der Waals surface area contributed by atoms with E-state index in [1.807, 2.05) is 0 Å². The Morgan fingerprint density at radius 2 is 0.818 bits per heavy atom. The zero-order valence-corrected chi connectivity index (χ0v) is 12.2. The number of hydrogen-bond donors (Lipinski definition) is 2. The Hall–Kier alpha value is -2.74. The van der Waals surface area contributed by atoms with E-state index in [2.05, 4.69) is 95.6 Å². The van der Waals surface area contributed by atoms with Crippen LogP contribution < -0.4 is 10.6 Å². The first kappa shape index (κ1) is 13.0. The van der Waals surface area contributed by atoms with Crippen LogP contribution in [0.1, 0.15) is 23.2 Å². The van der Waals surface area contributed by atoms with Crippen LogP contribution in [0.5, 0.6) is 0 Å². The van der Waals surface area contributed by atoms with E-state index < -0.39 is 0 Å². The van der Waals surface area contributed by atoms with Gasteiger partial charge in [-0.25, -0.2) is 0 Å². The molecule has 22 heavy (non-hydrogen) atoms. The lowest BCUT2D eigenvalue weighted by Gasteiger charge is -2.37. The maximum Gasteiger partial charge on any atom is 0.0758 e. The van der Waals surface area contributed by atoms with Gasteiger partial charge in [-0.15, -0.1) is 0 Å². The third-order valence-electron chi connectivity index (χ3n) is 4.20. The first-order valence-electron chi connectivity index (χ1n) is 7.64. The van der Waals surface area contributed by atoms with Crippen molar-refractivity contribution < 1.29 is 0 Å². The number of hydrogen-bond acceptors (Lipinski definition) is 2. The van der Waals surface area contributed by atoms with Gasteiger partial charge in [0.15, 0.2) is 0 Å². The molecule has 2 N–H and O–H groups in total. The lowest BCUT2D eigenvalue weighted by Crippen LogP contribution is -2.30. The normalized spacial score (nSPS) is 19.6. The molecule has 0 aliphatic carbocycles. The average molecular weight is 286 g/mol. The van der Waals surface area contributed by atoms with Crippen molar-refractivity contribution in [3.63, 3.8) is 0 Å². The molecule has 0 saturated carbocycles. The molecule has 1 aliphatic rings. The van der Waals surface area contributed by atoms with Crippen molar-refractivity contribution in [2.24, 2.45) is 0 Å². The van der Waals surface area contributed by atoms with E-state index in [9.17, 15) is 0 Å². The van der Waals surface area contributed by atoms with Crippen LogP contribution in [0, 0.1) is 0 Å². The summed E-state index contributed by atoms with van der Waals surface area (Å²) >= 11 is 0. The van der Waals surface area contributed by atoms with Gasteiger partial charge in [0.05, 0.1) is 23.5 Å². The molecule has 0 fully saturated rings. The van der Waals surface area contributed by atoms with E-state index in [1.165, 1.54) is 11.1 Å². The van der Waals surface area contributed by atoms with E-state index in [-0.39, 0.29) is 12.1 Å². The van der Waals surface area contributed by atoms with Crippen LogP contribution in [0.2, 0.25) is 0 Å². The fourth-order valence-electron chi connectivity index (χ4n) is 3.11. The maximum atomic E-state index is 3.70. The van der Waals surface area contributed by atoms with Crippen LogP contribution in [0.3, 0.4) is 0 Å². The van der Waals surface area contributed by atoms with E-state index in [4.69, 9.17) is 0 Å². The fraction of sp³-hybridized carbons (Fsp3) is 0.100. The van der Waals surface area contributed by atoms with Crippen molar-refractivity contribution >= 4 is 11.4 Å². The average Bonchev–Trinajstić information content (AvgIpc) is 2.62. The lowest BCUT2D eigenvalue weighted by atomic mass is 9.91. The molecule has 2 nitrogen and oxygen atoms in total. The molecule has 108 valence electrons. The minimum absolute atomic E-state index is 0.207. The quantitative estimate of drug-likeness (QED) is 0.692. The zero-order valence-electron chi connectivity index (χ0n) is 12.2. The van der Waals surface area contributed by atoms with Crippen molar-refractivity contribution in [2.75, 3.05) is 10.6 Å². The SMILES string of the molecule is c1ccc(C2Nc3ccccc3NC2c2ccccc2)cc1. The van der Waals surface area contributed by atoms with Gasteiger partial charge in [-0.1, -0.05) is 72.8 Å². The Morgan fingerprint density at radius 1 is 0.455 bits per heavy atom. The number of para-hydroxylation sites is 2. The molecule has 1 heterocycles. The number of rotatable bonds is 2. The highest BCUT2D eigenvalue weighted by Gasteiger charge is 2.29. The van der Waals surface area contributed by atoms with Crippen LogP contribution in [0.25, 0.3) is 0 Å². The molecular weight excluding hydrogens is 268 g/mol. The molecule has 0 radical (unpaired) electrons. The second-order valence-electron chi connectivity index (χ2n) is 5.61. The van der Waals surface area contributed by atoms with Gasteiger partial charge in [0, 0.05) is 0 Å². The monoisotopic (exact) mass is 286 g/mol. The van der Waals surface area contributed by atoms with Gasteiger partial charge in [0.25, 0.3) is 0 Å². The lowest BCUT2D eigenvalue weighted by molar-refractivity contribution is 0.636. The highest BCUT2D eigenvalue weighted by Crippen LogP contribution is 2.41.